The Morgan fingerprint density at radius 3 is 2.52 bits per heavy atom. The van der Waals surface area contributed by atoms with Crippen LogP contribution in [0.2, 0.25) is 10.0 Å². The van der Waals surface area contributed by atoms with E-state index in [1.54, 1.807) is 47.1 Å². The van der Waals surface area contributed by atoms with E-state index in [2.05, 4.69) is 10.5 Å². The minimum Gasteiger partial charge on any atom is -0.481 e. The summed E-state index contributed by atoms with van der Waals surface area (Å²) >= 11 is 12.6. The fraction of sp³-hybridized carbons (Fsp3) is 0.292. The number of nitrogens with one attached hydrogen (secondary N) is 1. The Kier molecular flexibility index (Phi) is 7.02. The van der Waals surface area contributed by atoms with Crippen LogP contribution < -0.4 is 5.43 Å². The van der Waals surface area contributed by atoms with Gasteiger partial charge in [0.1, 0.15) is 0 Å². The normalized spacial score (nSPS) is 14.3. The highest BCUT2D eigenvalue weighted by Crippen LogP contribution is 2.36. The largest absolute Gasteiger partial charge is 0.481 e. The highest BCUT2D eigenvalue weighted by Gasteiger charge is 2.26. The first kappa shape index (κ1) is 23.3. The number of aromatic nitrogens is 2. The van der Waals surface area contributed by atoms with Crippen LogP contribution in [0.5, 0.6) is 0 Å². The third-order valence-corrected chi connectivity index (χ3v) is 6.25. The number of amides is 1. The van der Waals surface area contributed by atoms with Gasteiger partial charge in [-0.3, -0.25) is 15.0 Å². The summed E-state index contributed by atoms with van der Waals surface area (Å²) in [5, 5.41) is 16.9. The minimum absolute atomic E-state index is 0.182. The quantitative estimate of drug-likeness (QED) is 0.516. The first-order valence-electron chi connectivity index (χ1n) is 10.8. The van der Waals surface area contributed by atoms with Crippen LogP contribution in [0, 0.1) is 6.92 Å². The fourth-order valence-corrected chi connectivity index (χ4v) is 4.61. The molecule has 1 aliphatic heterocycles. The summed E-state index contributed by atoms with van der Waals surface area (Å²) < 4.78 is 1.61. The zero-order valence-electron chi connectivity index (χ0n) is 18.1. The number of benzene rings is 2. The molecule has 0 unspecified atom stereocenters. The maximum atomic E-state index is 13.2. The van der Waals surface area contributed by atoms with Gasteiger partial charge < -0.3 is 5.11 Å². The number of para-hydroxylation sites is 1. The molecule has 1 fully saturated rings. The summed E-state index contributed by atoms with van der Waals surface area (Å²) in [4.78, 5) is 24.7. The molecule has 7 nitrogen and oxygen atoms in total. The third-order valence-electron chi connectivity index (χ3n) is 5.70. The van der Waals surface area contributed by atoms with Crippen molar-refractivity contribution in [1.29, 1.82) is 0 Å². The molecule has 0 bridgehead atoms. The van der Waals surface area contributed by atoms with E-state index in [1.807, 2.05) is 11.9 Å². The monoisotopic (exact) mass is 486 g/mol. The first-order chi connectivity index (χ1) is 15.8. The van der Waals surface area contributed by atoms with E-state index in [0.717, 1.165) is 32.4 Å². The van der Waals surface area contributed by atoms with Crippen molar-refractivity contribution in [1.82, 2.24) is 20.2 Å². The molecule has 0 aliphatic carbocycles. The number of piperidine rings is 1. The van der Waals surface area contributed by atoms with Gasteiger partial charge in [-0.1, -0.05) is 47.8 Å². The molecule has 0 atom stereocenters. The smallest absolute Gasteiger partial charge is 0.307 e. The number of hydrogen-bond donors (Lipinski definition) is 2. The van der Waals surface area contributed by atoms with Crippen LogP contribution in [0.15, 0.2) is 42.5 Å². The Morgan fingerprint density at radius 2 is 1.82 bits per heavy atom. The predicted molar refractivity (Wildman–Crippen MR) is 128 cm³/mol. The van der Waals surface area contributed by atoms with Crippen molar-refractivity contribution >= 4 is 35.1 Å². The van der Waals surface area contributed by atoms with E-state index in [4.69, 9.17) is 23.2 Å². The number of nitrogens with zero attached hydrogens (tertiary/aromatic N) is 3. The number of carboxylic acids is 1. The van der Waals surface area contributed by atoms with Gasteiger partial charge in [0, 0.05) is 29.2 Å². The number of carbonyl (C=O) groups excluding carboxylic acids is 1. The van der Waals surface area contributed by atoms with Crippen LogP contribution >= 0.6 is 23.2 Å². The molecule has 2 N–H and O–H groups in total. The van der Waals surface area contributed by atoms with Crippen LogP contribution in [-0.4, -0.2) is 44.9 Å². The van der Waals surface area contributed by atoms with Crippen molar-refractivity contribution in [2.45, 2.75) is 32.6 Å². The predicted octanol–water partition coefficient (Wildman–Crippen LogP) is 4.91. The van der Waals surface area contributed by atoms with Gasteiger partial charge in [-0.25, -0.2) is 9.69 Å². The van der Waals surface area contributed by atoms with Crippen molar-refractivity contribution in [3.8, 4) is 16.9 Å². The number of hydrazine groups is 1. The number of aliphatic carboxylic acids is 1. The Hall–Kier alpha value is -2.87. The van der Waals surface area contributed by atoms with Gasteiger partial charge in [-0.2, -0.15) is 5.10 Å². The van der Waals surface area contributed by atoms with Gasteiger partial charge in [0.2, 0.25) is 0 Å². The summed E-state index contributed by atoms with van der Waals surface area (Å²) in [5.41, 5.74) is 6.25. The zero-order valence-corrected chi connectivity index (χ0v) is 19.7. The van der Waals surface area contributed by atoms with E-state index < -0.39 is 5.97 Å². The molecule has 2 aromatic carbocycles. The van der Waals surface area contributed by atoms with Crippen molar-refractivity contribution < 1.29 is 14.7 Å². The molecule has 1 aromatic heterocycles. The van der Waals surface area contributed by atoms with Crippen molar-refractivity contribution in [3.63, 3.8) is 0 Å². The van der Waals surface area contributed by atoms with E-state index in [9.17, 15) is 14.7 Å². The number of rotatable bonds is 6. The molecule has 0 spiro atoms. The number of halogens is 2. The second-order valence-electron chi connectivity index (χ2n) is 8.05. The Bertz CT molecular complexity index is 1200. The Labute approximate surface area is 201 Å². The van der Waals surface area contributed by atoms with Gasteiger partial charge in [0.05, 0.1) is 22.8 Å². The molecule has 0 radical (unpaired) electrons. The lowest BCUT2D eigenvalue weighted by Gasteiger charge is -2.26. The Morgan fingerprint density at radius 1 is 1.09 bits per heavy atom. The lowest BCUT2D eigenvalue weighted by atomic mass is 10.0. The first-order valence-corrected chi connectivity index (χ1v) is 11.5. The van der Waals surface area contributed by atoms with Crippen molar-refractivity contribution in [2.24, 2.45) is 0 Å². The highest BCUT2D eigenvalue weighted by atomic mass is 35.5. The molecule has 2 heterocycles. The standard InChI is InChI=1S/C24H24Cl2N4O3/c1-15-22(24(33)28-29-11-5-2-6-12-29)27-30(20-8-4-3-7-16(20)13-21(31)32)23(15)18-10-9-17(25)14-19(18)26/h3-4,7-10,14H,2,5-6,11-13H2,1H3,(H,28,33)(H,31,32). The SMILES string of the molecule is Cc1c(C(=O)NN2CCCCC2)nn(-c2ccccc2CC(=O)O)c1-c1ccc(Cl)cc1Cl. The maximum Gasteiger partial charge on any atom is 0.307 e. The lowest BCUT2D eigenvalue weighted by molar-refractivity contribution is -0.136. The molecule has 1 amide bonds. The zero-order chi connectivity index (χ0) is 23.5. The molecule has 172 valence electrons. The highest BCUT2D eigenvalue weighted by molar-refractivity contribution is 6.36. The minimum atomic E-state index is -0.958. The lowest BCUT2D eigenvalue weighted by Crippen LogP contribution is -2.45. The van der Waals surface area contributed by atoms with Gasteiger partial charge >= 0.3 is 5.97 Å². The molecule has 4 rings (SSSR count). The van der Waals surface area contributed by atoms with E-state index >= 15 is 0 Å². The van der Waals surface area contributed by atoms with Gasteiger partial charge in [0.15, 0.2) is 5.69 Å². The summed E-state index contributed by atoms with van der Waals surface area (Å²) in [6.45, 7) is 3.40. The molecular formula is C24H24Cl2N4O3. The van der Waals surface area contributed by atoms with Crippen molar-refractivity contribution in [3.05, 3.63) is 69.3 Å². The third kappa shape index (κ3) is 5.05. The topological polar surface area (TPSA) is 87.5 Å². The van der Waals surface area contributed by atoms with E-state index in [0.29, 0.717) is 38.1 Å². The van der Waals surface area contributed by atoms with Crippen LogP contribution in [0.4, 0.5) is 0 Å². The van der Waals surface area contributed by atoms with Gasteiger partial charge in [-0.15, -0.1) is 0 Å². The average Bonchev–Trinajstić information content (AvgIpc) is 3.11. The van der Waals surface area contributed by atoms with Crippen LogP contribution in [0.1, 0.15) is 40.9 Å². The number of carboxylic acid groups (broad SMARTS) is 1. The average molecular weight is 487 g/mol. The second-order valence-corrected chi connectivity index (χ2v) is 8.89. The van der Waals surface area contributed by atoms with Gasteiger partial charge in [0.25, 0.3) is 5.91 Å². The molecule has 9 heteroatoms. The summed E-state index contributed by atoms with van der Waals surface area (Å²) in [6.07, 6.45) is 3.03. The maximum absolute atomic E-state index is 13.2. The Balaban J connectivity index is 1.85. The summed E-state index contributed by atoms with van der Waals surface area (Å²) in [5.74, 6) is -1.27. The number of hydrogen-bond acceptors (Lipinski definition) is 4. The summed E-state index contributed by atoms with van der Waals surface area (Å²) in [6, 6.07) is 12.2. The van der Waals surface area contributed by atoms with E-state index in [1.165, 1.54) is 0 Å². The molecule has 1 saturated heterocycles. The fourth-order valence-electron chi connectivity index (χ4n) is 4.12. The van der Waals surface area contributed by atoms with Crippen LogP contribution in [0.3, 0.4) is 0 Å². The molecule has 1 aliphatic rings. The molecule has 3 aromatic rings. The van der Waals surface area contributed by atoms with Crippen molar-refractivity contribution in [2.75, 3.05) is 13.1 Å². The van der Waals surface area contributed by atoms with E-state index in [-0.39, 0.29) is 18.0 Å². The number of carbonyl (C=O) groups is 2. The van der Waals surface area contributed by atoms with Crippen LogP contribution in [-0.2, 0) is 11.2 Å². The second kappa shape index (κ2) is 9.95. The molecular weight excluding hydrogens is 463 g/mol. The molecule has 0 saturated carbocycles. The molecule has 33 heavy (non-hydrogen) atoms. The summed E-state index contributed by atoms with van der Waals surface area (Å²) in [7, 11) is 0. The van der Waals surface area contributed by atoms with Gasteiger partial charge in [-0.05, 0) is 49.6 Å². The van der Waals surface area contributed by atoms with Crippen LogP contribution in [0.25, 0.3) is 16.9 Å².